The smallest absolute Gasteiger partial charge is 0.252 e. The molecule has 2 amide bonds. The molecule has 0 radical (unpaired) electrons. The number of carbonyl (C=O) groups excluding carboxylic acids is 2. The number of para-hydroxylation sites is 1. The molecule has 0 fully saturated rings. The number of benzene rings is 2. The zero-order chi connectivity index (χ0) is 21.6. The summed E-state index contributed by atoms with van der Waals surface area (Å²) in [6.45, 7) is 5.48. The van der Waals surface area contributed by atoms with E-state index in [0.717, 1.165) is 24.4 Å². The molecule has 0 unspecified atom stereocenters. The van der Waals surface area contributed by atoms with Crippen molar-refractivity contribution in [2.75, 3.05) is 50.5 Å². The lowest BCUT2D eigenvalue weighted by atomic mass is 10.2. The van der Waals surface area contributed by atoms with Crippen LogP contribution in [-0.4, -0.2) is 57.5 Å². The highest BCUT2D eigenvalue weighted by atomic mass is 32.2. The molecule has 2 aromatic rings. The monoisotopic (exact) mass is 429 g/mol. The molecule has 0 spiro atoms. The third-order valence-electron chi connectivity index (χ3n) is 4.51. The first-order valence-corrected chi connectivity index (χ1v) is 11.2. The predicted octanol–water partition coefficient (Wildman–Crippen LogP) is 3.19. The number of amides is 2. The number of rotatable bonds is 13. The summed E-state index contributed by atoms with van der Waals surface area (Å²) in [4.78, 5) is 27.6. The number of hydrogen-bond acceptors (Lipinski definition) is 5. The minimum Gasteiger partial charge on any atom is -0.383 e. The fourth-order valence-electron chi connectivity index (χ4n) is 2.94. The van der Waals surface area contributed by atoms with E-state index < -0.39 is 0 Å². The summed E-state index contributed by atoms with van der Waals surface area (Å²) < 4.78 is 4.92. The Morgan fingerprint density at radius 2 is 1.73 bits per heavy atom. The maximum atomic E-state index is 12.7. The van der Waals surface area contributed by atoms with E-state index >= 15 is 0 Å². The first kappa shape index (κ1) is 23.8. The Balaban J connectivity index is 1.80. The minimum absolute atomic E-state index is 0.0761. The van der Waals surface area contributed by atoms with Gasteiger partial charge >= 0.3 is 0 Å². The number of methoxy groups -OCH3 is 1. The average molecular weight is 430 g/mol. The Bertz CT molecular complexity index is 786. The van der Waals surface area contributed by atoms with Crippen molar-refractivity contribution in [3.05, 3.63) is 60.2 Å². The summed E-state index contributed by atoms with van der Waals surface area (Å²) in [6.07, 6.45) is 0.853. The molecule has 0 aliphatic heterocycles. The van der Waals surface area contributed by atoms with Crippen LogP contribution in [0.5, 0.6) is 0 Å². The molecule has 0 aromatic heterocycles. The van der Waals surface area contributed by atoms with Crippen LogP contribution in [0.4, 0.5) is 5.69 Å². The molecule has 30 heavy (non-hydrogen) atoms. The summed E-state index contributed by atoms with van der Waals surface area (Å²) >= 11 is 1.36. The molecule has 0 saturated heterocycles. The SMILES string of the molecule is CCN(CCCNC(=O)c1ccccc1SCC(=O)NCCOC)c1ccccc1. The quantitative estimate of drug-likeness (QED) is 0.378. The maximum Gasteiger partial charge on any atom is 0.252 e. The fourth-order valence-corrected chi connectivity index (χ4v) is 3.82. The molecule has 0 heterocycles. The van der Waals surface area contributed by atoms with Crippen molar-refractivity contribution in [3.63, 3.8) is 0 Å². The second-order valence-corrected chi connectivity index (χ2v) is 7.67. The van der Waals surface area contributed by atoms with Gasteiger partial charge in [-0.15, -0.1) is 11.8 Å². The lowest BCUT2D eigenvalue weighted by molar-refractivity contribution is -0.118. The van der Waals surface area contributed by atoms with E-state index in [1.54, 1.807) is 13.2 Å². The van der Waals surface area contributed by atoms with Gasteiger partial charge in [-0.1, -0.05) is 30.3 Å². The highest BCUT2D eigenvalue weighted by Gasteiger charge is 2.12. The molecule has 0 atom stereocenters. The largest absolute Gasteiger partial charge is 0.383 e. The van der Waals surface area contributed by atoms with Gasteiger partial charge in [-0.05, 0) is 37.6 Å². The van der Waals surface area contributed by atoms with Crippen LogP contribution >= 0.6 is 11.8 Å². The molecular formula is C23H31N3O3S. The first-order valence-electron chi connectivity index (χ1n) is 10.2. The summed E-state index contributed by atoms with van der Waals surface area (Å²) in [7, 11) is 1.59. The maximum absolute atomic E-state index is 12.7. The van der Waals surface area contributed by atoms with Crippen LogP contribution in [-0.2, 0) is 9.53 Å². The topological polar surface area (TPSA) is 70.7 Å². The van der Waals surface area contributed by atoms with Crippen molar-refractivity contribution in [1.82, 2.24) is 10.6 Å². The standard InChI is InChI=1S/C23H31N3O3S/c1-3-26(19-10-5-4-6-11-19)16-9-14-25-23(28)20-12-7-8-13-21(20)30-18-22(27)24-15-17-29-2/h4-8,10-13H,3,9,14-18H2,1-2H3,(H,24,27)(H,25,28). The number of carbonyl (C=O) groups is 2. The van der Waals surface area contributed by atoms with Crippen molar-refractivity contribution in [2.45, 2.75) is 18.2 Å². The van der Waals surface area contributed by atoms with Gasteiger partial charge in [0.1, 0.15) is 0 Å². The van der Waals surface area contributed by atoms with Crippen LogP contribution in [0.15, 0.2) is 59.5 Å². The summed E-state index contributed by atoms with van der Waals surface area (Å²) in [5.41, 5.74) is 1.79. The van der Waals surface area contributed by atoms with Gasteiger partial charge in [0.25, 0.3) is 5.91 Å². The van der Waals surface area contributed by atoms with E-state index in [9.17, 15) is 9.59 Å². The molecule has 0 aliphatic rings. The van der Waals surface area contributed by atoms with Gasteiger partial charge in [0.2, 0.25) is 5.91 Å². The van der Waals surface area contributed by atoms with Crippen molar-refractivity contribution in [1.29, 1.82) is 0 Å². The zero-order valence-electron chi connectivity index (χ0n) is 17.7. The third kappa shape index (κ3) is 8.08. The zero-order valence-corrected chi connectivity index (χ0v) is 18.5. The number of anilines is 1. The molecular weight excluding hydrogens is 398 g/mol. The molecule has 7 heteroatoms. The summed E-state index contributed by atoms with van der Waals surface area (Å²) in [5.74, 6) is 0.0739. The normalized spacial score (nSPS) is 10.5. The Morgan fingerprint density at radius 1 is 1.00 bits per heavy atom. The molecule has 2 N–H and O–H groups in total. The number of hydrogen-bond donors (Lipinski definition) is 2. The third-order valence-corrected chi connectivity index (χ3v) is 5.59. The average Bonchev–Trinajstić information content (AvgIpc) is 2.78. The van der Waals surface area contributed by atoms with E-state index in [1.165, 1.54) is 17.4 Å². The van der Waals surface area contributed by atoms with Gasteiger partial charge in [-0.2, -0.15) is 0 Å². The van der Waals surface area contributed by atoms with Gasteiger partial charge < -0.3 is 20.3 Å². The number of thioether (sulfide) groups is 1. The number of nitrogens with zero attached hydrogens (tertiary/aromatic N) is 1. The van der Waals surface area contributed by atoms with E-state index in [2.05, 4.69) is 34.6 Å². The van der Waals surface area contributed by atoms with Gasteiger partial charge in [0, 0.05) is 43.9 Å². The lowest BCUT2D eigenvalue weighted by Gasteiger charge is -2.23. The number of nitrogens with one attached hydrogen (secondary N) is 2. The van der Waals surface area contributed by atoms with E-state index in [4.69, 9.17) is 4.74 Å². The Hall–Kier alpha value is -2.51. The molecule has 2 rings (SSSR count). The predicted molar refractivity (Wildman–Crippen MR) is 123 cm³/mol. The second kappa shape index (κ2) is 13.7. The van der Waals surface area contributed by atoms with Crippen molar-refractivity contribution in [2.24, 2.45) is 0 Å². The summed E-state index contributed by atoms with van der Waals surface area (Å²) in [6, 6.07) is 17.7. The Morgan fingerprint density at radius 3 is 2.47 bits per heavy atom. The van der Waals surface area contributed by atoms with Gasteiger partial charge in [-0.25, -0.2) is 0 Å². The summed E-state index contributed by atoms with van der Waals surface area (Å²) in [5, 5.41) is 5.79. The van der Waals surface area contributed by atoms with Crippen molar-refractivity contribution >= 4 is 29.3 Å². The van der Waals surface area contributed by atoms with E-state index in [0.29, 0.717) is 25.3 Å². The molecule has 2 aromatic carbocycles. The highest BCUT2D eigenvalue weighted by molar-refractivity contribution is 8.00. The first-order chi connectivity index (χ1) is 14.7. The van der Waals surface area contributed by atoms with Crippen LogP contribution < -0.4 is 15.5 Å². The molecule has 162 valence electrons. The van der Waals surface area contributed by atoms with Crippen LogP contribution in [0.1, 0.15) is 23.7 Å². The Labute approximate surface area is 183 Å². The lowest BCUT2D eigenvalue weighted by Crippen LogP contribution is -2.30. The van der Waals surface area contributed by atoms with E-state index in [1.807, 2.05) is 36.4 Å². The molecule has 0 aliphatic carbocycles. The minimum atomic E-state index is -0.111. The molecule has 0 saturated carbocycles. The van der Waals surface area contributed by atoms with Crippen molar-refractivity contribution in [3.8, 4) is 0 Å². The van der Waals surface area contributed by atoms with Crippen LogP contribution in [0, 0.1) is 0 Å². The fraction of sp³-hybridized carbons (Fsp3) is 0.391. The number of ether oxygens (including phenoxy) is 1. The van der Waals surface area contributed by atoms with Gasteiger partial charge in [0.05, 0.1) is 17.9 Å². The van der Waals surface area contributed by atoms with Crippen LogP contribution in [0.25, 0.3) is 0 Å². The molecule has 0 bridgehead atoms. The highest BCUT2D eigenvalue weighted by Crippen LogP contribution is 2.22. The Kier molecular flexibility index (Phi) is 10.8. The van der Waals surface area contributed by atoms with Gasteiger partial charge in [-0.3, -0.25) is 9.59 Å². The van der Waals surface area contributed by atoms with Crippen LogP contribution in [0.3, 0.4) is 0 Å². The van der Waals surface area contributed by atoms with Gasteiger partial charge in [0.15, 0.2) is 0 Å². The molecule has 6 nitrogen and oxygen atoms in total. The van der Waals surface area contributed by atoms with E-state index in [-0.39, 0.29) is 17.6 Å². The van der Waals surface area contributed by atoms with Crippen LogP contribution in [0.2, 0.25) is 0 Å². The van der Waals surface area contributed by atoms with Crippen molar-refractivity contribution < 1.29 is 14.3 Å². The second-order valence-electron chi connectivity index (χ2n) is 6.65.